The highest BCUT2D eigenvalue weighted by Gasteiger charge is 2.13. The van der Waals surface area contributed by atoms with Crippen LogP contribution < -0.4 is 4.74 Å². The molecule has 2 aromatic carbocycles. The molecular formula is C20H26O2. The summed E-state index contributed by atoms with van der Waals surface area (Å²) in [5.41, 5.74) is 1.26. The van der Waals surface area contributed by atoms with Crippen molar-refractivity contribution in [3.05, 3.63) is 66.2 Å². The van der Waals surface area contributed by atoms with Crippen molar-refractivity contribution in [2.24, 2.45) is 0 Å². The van der Waals surface area contributed by atoms with Gasteiger partial charge in [0.05, 0.1) is 18.8 Å². The zero-order chi connectivity index (χ0) is 15.6. The van der Waals surface area contributed by atoms with Gasteiger partial charge in [-0.1, -0.05) is 48.5 Å². The third kappa shape index (κ3) is 5.90. The van der Waals surface area contributed by atoms with Crippen LogP contribution in [0.1, 0.15) is 44.8 Å². The fourth-order valence-corrected chi connectivity index (χ4v) is 2.45. The van der Waals surface area contributed by atoms with Gasteiger partial charge >= 0.3 is 0 Å². The summed E-state index contributed by atoms with van der Waals surface area (Å²) >= 11 is 0. The first kappa shape index (κ1) is 16.6. The average Bonchev–Trinajstić information content (AvgIpc) is 2.55. The van der Waals surface area contributed by atoms with E-state index in [4.69, 9.17) is 9.47 Å². The highest BCUT2D eigenvalue weighted by atomic mass is 16.5. The molecule has 0 amide bonds. The predicted molar refractivity (Wildman–Crippen MR) is 91.2 cm³/mol. The SMILES string of the molecule is CC(C)OC(CCCCOc1ccccc1)c1ccccc1. The van der Waals surface area contributed by atoms with E-state index < -0.39 is 0 Å². The second-order valence-electron chi connectivity index (χ2n) is 5.74. The molecule has 2 rings (SSSR count). The van der Waals surface area contributed by atoms with Gasteiger partial charge in [-0.25, -0.2) is 0 Å². The third-order valence-corrected chi connectivity index (χ3v) is 3.48. The molecule has 22 heavy (non-hydrogen) atoms. The van der Waals surface area contributed by atoms with E-state index in [0.717, 1.165) is 31.6 Å². The van der Waals surface area contributed by atoms with E-state index in [1.165, 1.54) is 5.56 Å². The minimum absolute atomic E-state index is 0.179. The minimum atomic E-state index is 0.179. The third-order valence-electron chi connectivity index (χ3n) is 3.48. The largest absolute Gasteiger partial charge is 0.494 e. The molecule has 118 valence electrons. The molecule has 0 aliphatic heterocycles. The van der Waals surface area contributed by atoms with Crippen molar-refractivity contribution in [2.45, 2.75) is 45.3 Å². The lowest BCUT2D eigenvalue weighted by Gasteiger charge is -2.21. The minimum Gasteiger partial charge on any atom is -0.494 e. The Morgan fingerprint density at radius 2 is 1.45 bits per heavy atom. The highest BCUT2D eigenvalue weighted by Crippen LogP contribution is 2.25. The Bertz CT molecular complexity index is 508. The Labute approximate surface area is 134 Å². The number of unbranched alkanes of at least 4 members (excludes halogenated alkanes) is 1. The number of hydrogen-bond donors (Lipinski definition) is 0. The maximum absolute atomic E-state index is 6.06. The molecule has 1 atom stereocenters. The van der Waals surface area contributed by atoms with Crippen LogP contribution in [0.5, 0.6) is 5.75 Å². The van der Waals surface area contributed by atoms with Gasteiger partial charge in [0.1, 0.15) is 5.75 Å². The number of ether oxygens (including phenoxy) is 2. The molecule has 1 unspecified atom stereocenters. The second kappa shape index (κ2) is 9.26. The Morgan fingerprint density at radius 1 is 0.818 bits per heavy atom. The van der Waals surface area contributed by atoms with Gasteiger partial charge in [0, 0.05) is 0 Å². The Kier molecular flexibility index (Phi) is 6.98. The van der Waals surface area contributed by atoms with Crippen LogP contribution in [0.15, 0.2) is 60.7 Å². The van der Waals surface area contributed by atoms with Gasteiger partial charge in [0.2, 0.25) is 0 Å². The molecule has 0 spiro atoms. The van der Waals surface area contributed by atoms with E-state index in [0.29, 0.717) is 0 Å². The maximum atomic E-state index is 6.06. The molecule has 0 aliphatic rings. The van der Waals surface area contributed by atoms with Crippen molar-refractivity contribution in [1.29, 1.82) is 0 Å². The van der Waals surface area contributed by atoms with E-state index in [1.54, 1.807) is 0 Å². The predicted octanol–water partition coefficient (Wildman–Crippen LogP) is 5.40. The van der Waals surface area contributed by atoms with Gasteiger partial charge in [-0.05, 0) is 50.8 Å². The van der Waals surface area contributed by atoms with E-state index in [9.17, 15) is 0 Å². The van der Waals surface area contributed by atoms with Gasteiger partial charge in [-0.2, -0.15) is 0 Å². The van der Waals surface area contributed by atoms with Crippen LogP contribution >= 0.6 is 0 Å². The van der Waals surface area contributed by atoms with Crippen LogP contribution in [0.2, 0.25) is 0 Å². The number of rotatable bonds is 9. The quantitative estimate of drug-likeness (QED) is 0.577. The summed E-state index contributed by atoms with van der Waals surface area (Å²) in [4.78, 5) is 0. The standard InChI is InChI=1S/C20H26O2/c1-17(2)22-20(18-11-5-3-6-12-18)15-9-10-16-21-19-13-7-4-8-14-19/h3-8,11-14,17,20H,9-10,15-16H2,1-2H3. The van der Waals surface area contributed by atoms with Crippen LogP contribution in [-0.4, -0.2) is 12.7 Å². The second-order valence-corrected chi connectivity index (χ2v) is 5.74. The molecular weight excluding hydrogens is 272 g/mol. The Balaban J connectivity index is 1.74. The monoisotopic (exact) mass is 298 g/mol. The fourth-order valence-electron chi connectivity index (χ4n) is 2.45. The average molecular weight is 298 g/mol. The first-order chi connectivity index (χ1) is 10.8. The Morgan fingerprint density at radius 3 is 2.09 bits per heavy atom. The van der Waals surface area contributed by atoms with Crippen LogP contribution in [0.4, 0.5) is 0 Å². The normalized spacial score (nSPS) is 12.3. The van der Waals surface area contributed by atoms with Crippen molar-refractivity contribution in [3.63, 3.8) is 0 Å². The van der Waals surface area contributed by atoms with Crippen LogP contribution in [-0.2, 0) is 4.74 Å². The van der Waals surface area contributed by atoms with Crippen molar-refractivity contribution in [1.82, 2.24) is 0 Å². The van der Waals surface area contributed by atoms with Gasteiger partial charge in [0.15, 0.2) is 0 Å². The van der Waals surface area contributed by atoms with Crippen LogP contribution in [0, 0.1) is 0 Å². The Hall–Kier alpha value is -1.80. The van der Waals surface area contributed by atoms with Crippen molar-refractivity contribution < 1.29 is 9.47 Å². The summed E-state index contributed by atoms with van der Waals surface area (Å²) in [5.74, 6) is 0.945. The lowest BCUT2D eigenvalue weighted by Crippen LogP contribution is -2.11. The van der Waals surface area contributed by atoms with Gasteiger partial charge in [0.25, 0.3) is 0 Å². The summed E-state index contributed by atoms with van der Waals surface area (Å²) in [6, 6.07) is 20.5. The molecule has 0 aromatic heterocycles. The molecule has 2 heteroatoms. The first-order valence-electron chi connectivity index (χ1n) is 8.14. The molecule has 0 aliphatic carbocycles. The van der Waals surface area contributed by atoms with E-state index in [-0.39, 0.29) is 12.2 Å². The fraction of sp³-hybridized carbons (Fsp3) is 0.400. The molecule has 0 N–H and O–H groups in total. The van der Waals surface area contributed by atoms with Crippen molar-refractivity contribution in [2.75, 3.05) is 6.61 Å². The van der Waals surface area contributed by atoms with Crippen molar-refractivity contribution >= 4 is 0 Å². The zero-order valence-electron chi connectivity index (χ0n) is 13.6. The first-order valence-corrected chi connectivity index (χ1v) is 8.14. The molecule has 0 saturated carbocycles. The number of benzene rings is 2. The summed E-state index contributed by atoms with van der Waals surface area (Å²) in [6.07, 6.45) is 3.59. The lowest BCUT2D eigenvalue weighted by molar-refractivity contribution is 0.00000189. The van der Waals surface area contributed by atoms with Gasteiger partial charge in [-0.15, -0.1) is 0 Å². The van der Waals surface area contributed by atoms with Crippen LogP contribution in [0.3, 0.4) is 0 Å². The lowest BCUT2D eigenvalue weighted by atomic mass is 10.0. The highest BCUT2D eigenvalue weighted by molar-refractivity contribution is 5.20. The maximum Gasteiger partial charge on any atom is 0.119 e. The van der Waals surface area contributed by atoms with E-state index >= 15 is 0 Å². The molecule has 0 heterocycles. The topological polar surface area (TPSA) is 18.5 Å². The molecule has 2 nitrogen and oxygen atoms in total. The van der Waals surface area contributed by atoms with Crippen LogP contribution in [0.25, 0.3) is 0 Å². The van der Waals surface area contributed by atoms with Crippen molar-refractivity contribution in [3.8, 4) is 5.75 Å². The molecule has 2 aromatic rings. The molecule has 0 radical (unpaired) electrons. The number of hydrogen-bond acceptors (Lipinski definition) is 2. The smallest absolute Gasteiger partial charge is 0.119 e. The summed E-state index contributed by atoms with van der Waals surface area (Å²) in [6.45, 7) is 4.94. The molecule has 0 fully saturated rings. The summed E-state index contributed by atoms with van der Waals surface area (Å²) < 4.78 is 11.8. The molecule has 0 saturated heterocycles. The van der Waals surface area contributed by atoms with Gasteiger partial charge < -0.3 is 9.47 Å². The van der Waals surface area contributed by atoms with Gasteiger partial charge in [-0.3, -0.25) is 0 Å². The summed E-state index contributed by atoms with van der Waals surface area (Å²) in [5, 5.41) is 0. The molecule has 0 bridgehead atoms. The van der Waals surface area contributed by atoms with E-state index in [2.05, 4.69) is 38.1 Å². The zero-order valence-corrected chi connectivity index (χ0v) is 13.6. The van der Waals surface area contributed by atoms with E-state index in [1.807, 2.05) is 36.4 Å². The number of para-hydroxylation sites is 1. The summed E-state index contributed by atoms with van der Waals surface area (Å²) in [7, 11) is 0.